The second-order valence-corrected chi connectivity index (χ2v) is 5.62. The number of rotatable bonds is 5. The zero-order valence-electron chi connectivity index (χ0n) is 10.9. The van der Waals surface area contributed by atoms with Gasteiger partial charge in [0.2, 0.25) is 0 Å². The first kappa shape index (κ1) is 14.5. The lowest BCUT2D eigenvalue weighted by molar-refractivity contribution is -0.118. The van der Waals surface area contributed by atoms with E-state index in [9.17, 15) is 9.18 Å². The summed E-state index contributed by atoms with van der Waals surface area (Å²) in [5.74, 6) is 0.383. The summed E-state index contributed by atoms with van der Waals surface area (Å²) in [4.78, 5) is 11.9. The van der Waals surface area contributed by atoms with E-state index in [1.54, 1.807) is 6.07 Å². The summed E-state index contributed by atoms with van der Waals surface area (Å²) in [6.07, 6.45) is 3.88. The molecule has 2 nitrogen and oxygen atoms in total. The molecule has 0 bridgehead atoms. The van der Waals surface area contributed by atoms with Crippen LogP contribution >= 0.6 is 11.6 Å². The second kappa shape index (κ2) is 7.01. The normalized spacial score (nSPS) is 16.5. The number of nitrogens with one attached hydrogen (secondary N) is 1. The van der Waals surface area contributed by atoms with E-state index in [4.69, 9.17) is 11.6 Å². The Morgan fingerprint density at radius 2 is 2.11 bits per heavy atom. The fraction of sp³-hybridized carbons (Fsp3) is 0.533. The van der Waals surface area contributed by atoms with Crippen LogP contribution in [0.3, 0.4) is 0 Å². The topological polar surface area (TPSA) is 29.1 Å². The van der Waals surface area contributed by atoms with Crippen LogP contribution in [0.15, 0.2) is 18.2 Å². The van der Waals surface area contributed by atoms with Gasteiger partial charge in [-0.2, -0.15) is 0 Å². The van der Waals surface area contributed by atoms with Crippen molar-refractivity contribution < 1.29 is 9.18 Å². The number of hydrogen-bond acceptors (Lipinski definition) is 2. The van der Waals surface area contributed by atoms with Crippen molar-refractivity contribution in [2.45, 2.75) is 32.1 Å². The van der Waals surface area contributed by atoms with Gasteiger partial charge in [0.05, 0.1) is 0 Å². The van der Waals surface area contributed by atoms with Gasteiger partial charge in [-0.15, -0.1) is 0 Å². The van der Waals surface area contributed by atoms with E-state index >= 15 is 0 Å². The third-order valence-electron chi connectivity index (χ3n) is 3.69. The molecule has 1 N–H and O–H groups in total. The third kappa shape index (κ3) is 4.59. The summed E-state index contributed by atoms with van der Waals surface area (Å²) in [6, 6.07) is 4.36. The summed E-state index contributed by atoms with van der Waals surface area (Å²) in [5, 5.41) is 3.78. The molecule has 1 aliphatic rings. The van der Waals surface area contributed by atoms with Gasteiger partial charge < -0.3 is 5.32 Å². The van der Waals surface area contributed by atoms with Crippen molar-refractivity contribution in [3.05, 3.63) is 34.6 Å². The zero-order chi connectivity index (χ0) is 13.7. The molecule has 104 valence electrons. The molecule has 0 aliphatic carbocycles. The van der Waals surface area contributed by atoms with Crippen molar-refractivity contribution in [2.75, 3.05) is 13.1 Å². The molecule has 1 saturated heterocycles. The van der Waals surface area contributed by atoms with Gasteiger partial charge in [0.15, 0.2) is 0 Å². The molecule has 0 unspecified atom stereocenters. The highest BCUT2D eigenvalue weighted by atomic mass is 35.5. The van der Waals surface area contributed by atoms with Crippen LogP contribution in [0, 0.1) is 11.7 Å². The van der Waals surface area contributed by atoms with Crippen molar-refractivity contribution >= 4 is 17.4 Å². The summed E-state index contributed by atoms with van der Waals surface area (Å²) in [6.45, 7) is 2.09. The molecular formula is C15H19ClFNO. The summed E-state index contributed by atoms with van der Waals surface area (Å²) >= 11 is 5.81. The fourth-order valence-corrected chi connectivity index (χ4v) is 2.71. The van der Waals surface area contributed by atoms with Crippen LogP contribution in [0.1, 0.15) is 31.2 Å². The van der Waals surface area contributed by atoms with Crippen LogP contribution < -0.4 is 5.32 Å². The Morgan fingerprint density at radius 1 is 1.37 bits per heavy atom. The third-order valence-corrected chi connectivity index (χ3v) is 3.92. The van der Waals surface area contributed by atoms with Crippen LogP contribution in [0.25, 0.3) is 0 Å². The lowest BCUT2D eigenvalue weighted by atomic mass is 9.91. The van der Waals surface area contributed by atoms with Crippen molar-refractivity contribution in [1.82, 2.24) is 5.32 Å². The smallest absolute Gasteiger partial charge is 0.137 e. The lowest BCUT2D eigenvalue weighted by Gasteiger charge is -2.22. The molecule has 1 aromatic rings. The number of carbonyl (C=O) groups is 1. The maximum atomic E-state index is 13.5. The van der Waals surface area contributed by atoms with E-state index in [2.05, 4.69) is 5.32 Å². The van der Waals surface area contributed by atoms with Gasteiger partial charge in [-0.25, -0.2) is 4.39 Å². The van der Waals surface area contributed by atoms with Crippen molar-refractivity contribution in [3.8, 4) is 0 Å². The van der Waals surface area contributed by atoms with Crippen LogP contribution in [0.4, 0.5) is 4.39 Å². The van der Waals surface area contributed by atoms with Crippen LogP contribution in [-0.4, -0.2) is 18.9 Å². The van der Waals surface area contributed by atoms with Crippen molar-refractivity contribution in [3.63, 3.8) is 0 Å². The van der Waals surface area contributed by atoms with Crippen LogP contribution in [0.5, 0.6) is 0 Å². The van der Waals surface area contributed by atoms with Gasteiger partial charge in [0.25, 0.3) is 0 Å². The number of benzene rings is 1. The minimum Gasteiger partial charge on any atom is -0.317 e. The average Bonchev–Trinajstić information content (AvgIpc) is 2.42. The van der Waals surface area contributed by atoms with Gasteiger partial charge in [0, 0.05) is 17.9 Å². The quantitative estimate of drug-likeness (QED) is 0.898. The largest absolute Gasteiger partial charge is 0.317 e. The second-order valence-electron chi connectivity index (χ2n) is 5.18. The lowest BCUT2D eigenvalue weighted by Crippen LogP contribution is -2.28. The molecule has 19 heavy (non-hydrogen) atoms. The molecule has 0 aromatic heterocycles. The minimum absolute atomic E-state index is 0.0969. The molecule has 0 saturated carbocycles. The number of ketones is 1. The van der Waals surface area contributed by atoms with Gasteiger partial charge >= 0.3 is 0 Å². The van der Waals surface area contributed by atoms with Gasteiger partial charge in [-0.3, -0.25) is 4.79 Å². The molecule has 0 spiro atoms. The minimum atomic E-state index is -0.348. The molecule has 0 radical (unpaired) electrons. The van der Waals surface area contributed by atoms with E-state index in [0.717, 1.165) is 32.4 Å². The van der Waals surface area contributed by atoms with Crippen LogP contribution in [-0.2, 0) is 11.2 Å². The van der Waals surface area contributed by atoms with E-state index < -0.39 is 0 Å². The predicted molar refractivity (Wildman–Crippen MR) is 74.9 cm³/mol. The average molecular weight is 284 g/mol. The van der Waals surface area contributed by atoms with Gasteiger partial charge in [-0.05, 0) is 62.0 Å². The maximum Gasteiger partial charge on any atom is 0.137 e. The summed E-state index contributed by atoms with van der Waals surface area (Å²) < 4.78 is 13.5. The van der Waals surface area contributed by atoms with E-state index in [0.29, 0.717) is 22.9 Å². The molecule has 2 rings (SSSR count). The molecule has 1 fully saturated rings. The Labute approximate surface area is 118 Å². The van der Waals surface area contributed by atoms with Gasteiger partial charge in [-0.1, -0.05) is 11.6 Å². The number of halogens is 2. The highest BCUT2D eigenvalue weighted by Crippen LogP contribution is 2.20. The Kier molecular flexibility index (Phi) is 5.34. The zero-order valence-corrected chi connectivity index (χ0v) is 11.7. The number of piperidine rings is 1. The molecule has 1 aromatic carbocycles. The maximum absolute atomic E-state index is 13.5. The van der Waals surface area contributed by atoms with E-state index in [1.165, 1.54) is 12.1 Å². The Balaban J connectivity index is 1.81. The molecule has 1 aliphatic heterocycles. The standard InChI is InChI=1S/C15H19ClFNO/c16-13-2-4-15(17)12(9-13)10-14(19)3-1-11-5-7-18-8-6-11/h2,4,9,11,18H,1,3,5-8,10H2. The SMILES string of the molecule is O=C(CCC1CCNCC1)Cc1cc(Cl)ccc1F. The van der Waals surface area contributed by atoms with Crippen molar-refractivity contribution in [2.24, 2.45) is 5.92 Å². The summed E-state index contributed by atoms with van der Waals surface area (Å²) in [5.41, 5.74) is 0.405. The molecule has 4 heteroatoms. The first-order chi connectivity index (χ1) is 9.15. The number of hydrogen-bond donors (Lipinski definition) is 1. The Bertz CT molecular complexity index is 444. The molecular weight excluding hydrogens is 265 g/mol. The Morgan fingerprint density at radius 3 is 2.84 bits per heavy atom. The number of carbonyl (C=O) groups excluding carboxylic acids is 1. The monoisotopic (exact) mass is 283 g/mol. The van der Waals surface area contributed by atoms with E-state index in [-0.39, 0.29) is 18.0 Å². The fourth-order valence-electron chi connectivity index (χ4n) is 2.52. The first-order valence-electron chi connectivity index (χ1n) is 6.81. The van der Waals surface area contributed by atoms with Crippen molar-refractivity contribution in [1.29, 1.82) is 0 Å². The highest BCUT2D eigenvalue weighted by Gasteiger charge is 2.15. The first-order valence-corrected chi connectivity index (χ1v) is 7.19. The molecule has 1 heterocycles. The van der Waals surface area contributed by atoms with Crippen LogP contribution in [0.2, 0.25) is 5.02 Å². The molecule has 0 amide bonds. The Hall–Kier alpha value is -0.930. The predicted octanol–water partition coefficient (Wildman–Crippen LogP) is 3.37. The summed E-state index contributed by atoms with van der Waals surface area (Å²) in [7, 11) is 0. The number of Topliss-reactive ketones (excluding diaryl/α,β-unsaturated/α-hetero) is 1. The highest BCUT2D eigenvalue weighted by molar-refractivity contribution is 6.30. The van der Waals surface area contributed by atoms with Gasteiger partial charge in [0.1, 0.15) is 11.6 Å². The van der Waals surface area contributed by atoms with E-state index in [1.807, 2.05) is 0 Å². The molecule has 0 atom stereocenters.